The summed E-state index contributed by atoms with van der Waals surface area (Å²) < 4.78 is 32.8. The number of para-hydroxylation sites is 1. The molecule has 0 fully saturated rings. The van der Waals surface area contributed by atoms with E-state index in [9.17, 15) is 8.42 Å². The Bertz CT molecular complexity index is 870. The third-order valence-electron chi connectivity index (χ3n) is 3.97. The van der Waals surface area contributed by atoms with Crippen molar-refractivity contribution in [2.45, 2.75) is 24.8 Å². The van der Waals surface area contributed by atoms with Crippen LogP contribution in [-0.2, 0) is 10.0 Å². The molecular formula is C20H28N4O3S. The van der Waals surface area contributed by atoms with Gasteiger partial charge in [0, 0.05) is 20.1 Å². The molecule has 0 spiro atoms. The minimum absolute atomic E-state index is 0.0590. The number of aliphatic imine (C=N–C) groups is 1. The highest BCUT2D eigenvalue weighted by atomic mass is 32.2. The number of nitrogens with zero attached hydrogens (tertiary/aromatic N) is 1. The minimum atomic E-state index is -3.50. The molecule has 2 aromatic carbocycles. The molecule has 3 N–H and O–H groups in total. The zero-order chi connectivity index (χ0) is 20.4. The van der Waals surface area contributed by atoms with E-state index in [0.29, 0.717) is 19.0 Å². The Labute approximate surface area is 167 Å². The maximum absolute atomic E-state index is 12.2. The Morgan fingerprint density at radius 1 is 1.04 bits per heavy atom. The second-order valence-electron chi connectivity index (χ2n) is 6.28. The Morgan fingerprint density at radius 3 is 2.39 bits per heavy atom. The second-order valence-corrected chi connectivity index (χ2v) is 8.05. The average Bonchev–Trinajstić information content (AvgIpc) is 2.70. The van der Waals surface area contributed by atoms with Crippen molar-refractivity contribution in [3.05, 3.63) is 60.2 Å². The van der Waals surface area contributed by atoms with Crippen molar-refractivity contribution in [2.24, 2.45) is 4.99 Å². The number of hydrogen-bond donors (Lipinski definition) is 3. The summed E-state index contributed by atoms with van der Waals surface area (Å²) in [6, 6.07) is 16.2. The molecule has 0 aliphatic heterocycles. The Morgan fingerprint density at radius 2 is 1.71 bits per heavy atom. The molecule has 2 rings (SSSR count). The minimum Gasteiger partial charge on any atom is -0.489 e. The fraction of sp³-hybridized carbons (Fsp3) is 0.350. The van der Waals surface area contributed by atoms with Gasteiger partial charge >= 0.3 is 0 Å². The van der Waals surface area contributed by atoms with Crippen LogP contribution in [0.5, 0.6) is 5.75 Å². The van der Waals surface area contributed by atoms with E-state index in [1.807, 2.05) is 38.1 Å². The molecule has 0 heterocycles. The lowest BCUT2D eigenvalue weighted by Gasteiger charge is -2.19. The van der Waals surface area contributed by atoms with E-state index in [1.165, 1.54) is 0 Å². The number of ether oxygens (including phenoxy) is 1. The first-order valence-electron chi connectivity index (χ1n) is 9.14. The maximum atomic E-state index is 12.2. The molecule has 2 aromatic rings. The highest BCUT2D eigenvalue weighted by molar-refractivity contribution is 7.89. The molecule has 0 saturated heterocycles. The Hall–Kier alpha value is -2.58. The lowest BCUT2D eigenvalue weighted by Crippen LogP contribution is -2.44. The van der Waals surface area contributed by atoms with E-state index in [0.717, 1.165) is 11.3 Å². The van der Waals surface area contributed by atoms with Gasteiger partial charge in [-0.3, -0.25) is 4.99 Å². The van der Waals surface area contributed by atoms with E-state index in [2.05, 4.69) is 20.3 Å². The molecule has 152 valence electrons. The van der Waals surface area contributed by atoms with Crippen LogP contribution in [-0.4, -0.2) is 47.2 Å². The van der Waals surface area contributed by atoms with E-state index >= 15 is 0 Å². The quantitative estimate of drug-likeness (QED) is 0.337. The number of sulfonamides is 1. The van der Waals surface area contributed by atoms with Crippen molar-refractivity contribution >= 4 is 16.0 Å². The number of hydrogen-bond acceptors (Lipinski definition) is 4. The first-order chi connectivity index (χ1) is 13.4. The molecule has 0 saturated carbocycles. The van der Waals surface area contributed by atoms with Gasteiger partial charge in [-0.05, 0) is 37.6 Å². The van der Waals surface area contributed by atoms with E-state index in [4.69, 9.17) is 4.74 Å². The summed E-state index contributed by atoms with van der Waals surface area (Å²) in [5.74, 6) is 1.44. The molecule has 8 heteroatoms. The van der Waals surface area contributed by atoms with Crippen molar-refractivity contribution in [3.63, 3.8) is 0 Å². The van der Waals surface area contributed by atoms with Gasteiger partial charge < -0.3 is 15.4 Å². The number of rotatable bonds is 9. The molecule has 0 bridgehead atoms. The standard InChI is InChI=1S/C20H28N4O3S/c1-16-9-7-8-12-19(16)27-17(2)15-23-20(21-3)22-13-14-24-28(25,26)18-10-5-4-6-11-18/h4-12,17,24H,13-15H2,1-3H3,(H2,21,22,23). The van der Waals surface area contributed by atoms with Crippen LogP contribution in [0.4, 0.5) is 0 Å². The van der Waals surface area contributed by atoms with E-state index < -0.39 is 10.0 Å². The molecule has 0 aromatic heterocycles. The summed E-state index contributed by atoms with van der Waals surface area (Å²) in [6.07, 6.45) is -0.0590. The first-order valence-corrected chi connectivity index (χ1v) is 10.6. The molecule has 0 radical (unpaired) electrons. The molecule has 28 heavy (non-hydrogen) atoms. The second kappa shape index (κ2) is 10.7. The Balaban J connectivity index is 1.72. The summed E-state index contributed by atoms with van der Waals surface area (Å²) in [5.41, 5.74) is 1.09. The number of aryl methyl sites for hydroxylation is 1. The smallest absolute Gasteiger partial charge is 0.240 e. The Kier molecular flexibility index (Phi) is 8.28. The summed E-state index contributed by atoms with van der Waals surface area (Å²) in [7, 11) is -1.84. The van der Waals surface area contributed by atoms with Crippen LogP contribution in [0.1, 0.15) is 12.5 Å². The largest absolute Gasteiger partial charge is 0.489 e. The van der Waals surface area contributed by atoms with Crippen LogP contribution >= 0.6 is 0 Å². The molecule has 0 amide bonds. The lowest BCUT2D eigenvalue weighted by molar-refractivity contribution is 0.222. The fourth-order valence-electron chi connectivity index (χ4n) is 2.46. The third-order valence-corrected chi connectivity index (χ3v) is 5.44. The van der Waals surface area contributed by atoms with Crippen LogP contribution < -0.4 is 20.1 Å². The van der Waals surface area contributed by atoms with Gasteiger partial charge in [-0.2, -0.15) is 0 Å². The van der Waals surface area contributed by atoms with Gasteiger partial charge in [0.2, 0.25) is 10.0 Å². The van der Waals surface area contributed by atoms with Crippen molar-refractivity contribution < 1.29 is 13.2 Å². The summed E-state index contributed by atoms with van der Waals surface area (Å²) in [6.45, 7) is 5.18. The van der Waals surface area contributed by atoms with Crippen LogP contribution in [0.3, 0.4) is 0 Å². The maximum Gasteiger partial charge on any atom is 0.240 e. The van der Waals surface area contributed by atoms with Crippen molar-refractivity contribution in [1.29, 1.82) is 0 Å². The predicted octanol–water partition coefficient (Wildman–Crippen LogP) is 1.91. The monoisotopic (exact) mass is 404 g/mol. The van der Waals surface area contributed by atoms with Gasteiger partial charge in [-0.15, -0.1) is 0 Å². The SMILES string of the molecule is CN=C(NCCNS(=O)(=O)c1ccccc1)NCC(C)Oc1ccccc1C. The number of nitrogens with one attached hydrogen (secondary N) is 3. The molecule has 0 aliphatic rings. The number of guanidine groups is 1. The van der Waals surface area contributed by atoms with Gasteiger partial charge in [0.25, 0.3) is 0 Å². The summed E-state index contributed by atoms with van der Waals surface area (Å²) in [5, 5.41) is 6.26. The van der Waals surface area contributed by atoms with Gasteiger partial charge in [0.05, 0.1) is 11.4 Å². The van der Waals surface area contributed by atoms with Gasteiger partial charge in [0.1, 0.15) is 11.9 Å². The van der Waals surface area contributed by atoms with Crippen molar-refractivity contribution in [1.82, 2.24) is 15.4 Å². The van der Waals surface area contributed by atoms with Crippen LogP contribution in [0, 0.1) is 6.92 Å². The predicted molar refractivity (Wildman–Crippen MR) is 112 cm³/mol. The number of benzene rings is 2. The normalized spacial score (nSPS) is 13.0. The van der Waals surface area contributed by atoms with Gasteiger partial charge in [0.15, 0.2) is 5.96 Å². The molecule has 1 atom stereocenters. The molecule has 0 aliphatic carbocycles. The highest BCUT2D eigenvalue weighted by Crippen LogP contribution is 2.17. The van der Waals surface area contributed by atoms with E-state index in [1.54, 1.807) is 37.4 Å². The van der Waals surface area contributed by atoms with Crippen molar-refractivity contribution in [3.8, 4) is 5.75 Å². The van der Waals surface area contributed by atoms with Crippen LogP contribution in [0.25, 0.3) is 0 Å². The summed E-state index contributed by atoms with van der Waals surface area (Å²) in [4.78, 5) is 4.39. The van der Waals surface area contributed by atoms with Crippen LogP contribution in [0.15, 0.2) is 64.5 Å². The zero-order valence-corrected chi connectivity index (χ0v) is 17.3. The first kappa shape index (κ1) is 21.7. The van der Waals surface area contributed by atoms with Gasteiger partial charge in [-0.25, -0.2) is 13.1 Å². The van der Waals surface area contributed by atoms with Crippen molar-refractivity contribution in [2.75, 3.05) is 26.7 Å². The zero-order valence-electron chi connectivity index (χ0n) is 16.5. The van der Waals surface area contributed by atoms with Crippen LogP contribution in [0.2, 0.25) is 0 Å². The van der Waals surface area contributed by atoms with Gasteiger partial charge in [-0.1, -0.05) is 36.4 Å². The summed E-state index contributed by atoms with van der Waals surface area (Å²) >= 11 is 0. The molecule has 7 nitrogen and oxygen atoms in total. The molecular weight excluding hydrogens is 376 g/mol. The topological polar surface area (TPSA) is 91.8 Å². The average molecular weight is 405 g/mol. The third kappa shape index (κ3) is 6.86. The fourth-order valence-corrected chi connectivity index (χ4v) is 3.51. The lowest BCUT2D eigenvalue weighted by atomic mass is 10.2. The highest BCUT2D eigenvalue weighted by Gasteiger charge is 2.12. The van der Waals surface area contributed by atoms with E-state index in [-0.39, 0.29) is 17.5 Å². The molecule has 1 unspecified atom stereocenters.